The van der Waals surface area contributed by atoms with Gasteiger partial charge in [0.1, 0.15) is 0 Å². The van der Waals surface area contributed by atoms with Gasteiger partial charge in [0.2, 0.25) is 0 Å². The number of fused-ring (bicyclic) bond motifs is 2. The lowest BCUT2D eigenvalue weighted by Gasteiger charge is -2.45. The maximum absolute atomic E-state index is 12.4. The van der Waals surface area contributed by atoms with Crippen molar-refractivity contribution in [1.29, 1.82) is 0 Å². The van der Waals surface area contributed by atoms with E-state index in [0.29, 0.717) is 50.8 Å². The number of likely N-dealkylation sites (tertiary alicyclic amines) is 1. The molecule has 2 aliphatic heterocycles. The summed E-state index contributed by atoms with van der Waals surface area (Å²) < 4.78 is 12.1. The summed E-state index contributed by atoms with van der Waals surface area (Å²) in [4.78, 5) is 20.0. The van der Waals surface area contributed by atoms with E-state index in [-0.39, 0.29) is 6.09 Å². The number of carbonyl (C=O) groups is 1. The number of hydrogen-bond donors (Lipinski definition) is 1. The van der Waals surface area contributed by atoms with Crippen molar-refractivity contribution >= 4 is 32.9 Å². The van der Waals surface area contributed by atoms with E-state index in [1.165, 1.54) is 22.0 Å². The number of ether oxygens (including phenoxy) is 2. The van der Waals surface area contributed by atoms with Gasteiger partial charge in [-0.15, -0.1) is 0 Å². The molecule has 0 bridgehead atoms. The van der Waals surface area contributed by atoms with Gasteiger partial charge in [0.15, 0.2) is 0 Å². The highest BCUT2D eigenvalue weighted by Gasteiger charge is 2.40. The fourth-order valence-electron chi connectivity index (χ4n) is 5.24. The highest BCUT2D eigenvalue weighted by atomic mass is 79.9. The molecule has 2 saturated heterocycles. The summed E-state index contributed by atoms with van der Waals surface area (Å²) in [6.45, 7) is 3.91. The normalized spacial score (nSPS) is 27.6. The molecule has 1 aromatic heterocycles. The molecule has 1 aliphatic carbocycles. The zero-order valence-electron chi connectivity index (χ0n) is 16.1. The summed E-state index contributed by atoms with van der Waals surface area (Å²) in [5.41, 5.74) is 4.04. The number of rotatable bonds is 2. The Balaban J connectivity index is 1.33. The molecule has 3 aliphatic rings. The van der Waals surface area contributed by atoms with Crippen LogP contribution in [-0.2, 0) is 15.9 Å². The number of nitrogens with zero attached hydrogens (tertiary/aromatic N) is 2. The number of piperidine rings is 1. The van der Waals surface area contributed by atoms with E-state index in [2.05, 4.69) is 51.1 Å². The summed E-state index contributed by atoms with van der Waals surface area (Å²) in [6, 6.07) is 7.08. The zero-order valence-corrected chi connectivity index (χ0v) is 17.7. The van der Waals surface area contributed by atoms with Gasteiger partial charge in [-0.2, -0.15) is 0 Å². The van der Waals surface area contributed by atoms with E-state index in [4.69, 9.17) is 9.47 Å². The van der Waals surface area contributed by atoms with Gasteiger partial charge in [-0.25, -0.2) is 4.79 Å². The molecule has 150 valence electrons. The van der Waals surface area contributed by atoms with Gasteiger partial charge in [0.05, 0.1) is 24.4 Å². The molecule has 1 N–H and O–H groups in total. The van der Waals surface area contributed by atoms with Crippen molar-refractivity contribution in [3.63, 3.8) is 0 Å². The summed E-state index contributed by atoms with van der Waals surface area (Å²) in [6.07, 6.45) is 1.92. The second-order valence-corrected chi connectivity index (χ2v) is 9.08. The predicted octanol–water partition coefficient (Wildman–Crippen LogP) is 3.36. The SMILES string of the molecule is CN1C[C@H](COC(=O)N2CCOCC2)CC2c3cccc4[nH]c(Br)c(c34)C[C@H]21. The number of hydrogen-bond acceptors (Lipinski definition) is 4. The van der Waals surface area contributed by atoms with Gasteiger partial charge >= 0.3 is 6.09 Å². The molecule has 1 aromatic carbocycles. The smallest absolute Gasteiger partial charge is 0.409 e. The Kier molecular flexibility index (Phi) is 4.85. The first-order chi connectivity index (χ1) is 13.6. The molecule has 28 heavy (non-hydrogen) atoms. The third kappa shape index (κ3) is 3.13. The van der Waals surface area contributed by atoms with Crippen molar-refractivity contribution in [3.05, 3.63) is 33.9 Å². The number of morpholine rings is 1. The molecule has 2 fully saturated rings. The summed E-state index contributed by atoms with van der Waals surface area (Å²) in [7, 11) is 2.21. The maximum atomic E-state index is 12.4. The lowest BCUT2D eigenvalue weighted by atomic mass is 9.72. The Morgan fingerprint density at radius 2 is 2.18 bits per heavy atom. The Morgan fingerprint density at radius 1 is 1.36 bits per heavy atom. The van der Waals surface area contributed by atoms with Gasteiger partial charge in [-0.3, -0.25) is 0 Å². The van der Waals surface area contributed by atoms with Crippen LogP contribution in [0.3, 0.4) is 0 Å². The summed E-state index contributed by atoms with van der Waals surface area (Å²) in [5, 5.41) is 1.38. The molecule has 0 spiro atoms. The van der Waals surface area contributed by atoms with Gasteiger partial charge in [-0.05, 0) is 53.0 Å². The molecule has 0 saturated carbocycles. The van der Waals surface area contributed by atoms with Crippen LogP contribution >= 0.6 is 15.9 Å². The topological polar surface area (TPSA) is 57.8 Å². The Morgan fingerprint density at radius 3 is 3.00 bits per heavy atom. The van der Waals surface area contributed by atoms with E-state index < -0.39 is 0 Å². The van der Waals surface area contributed by atoms with Crippen molar-refractivity contribution in [2.24, 2.45) is 5.92 Å². The van der Waals surface area contributed by atoms with Crippen LogP contribution in [0.4, 0.5) is 4.79 Å². The fourth-order valence-corrected chi connectivity index (χ4v) is 5.82. The molecule has 1 amide bonds. The molecule has 7 heteroatoms. The van der Waals surface area contributed by atoms with E-state index in [0.717, 1.165) is 24.0 Å². The van der Waals surface area contributed by atoms with E-state index >= 15 is 0 Å². The second kappa shape index (κ2) is 7.35. The zero-order chi connectivity index (χ0) is 19.3. The van der Waals surface area contributed by atoms with Crippen LogP contribution in [0.2, 0.25) is 0 Å². The van der Waals surface area contributed by atoms with Crippen LogP contribution in [0.15, 0.2) is 22.8 Å². The lowest BCUT2D eigenvalue weighted by Crippen LogP contribution is -2.49. The van der Waals surface area contributed by atoms with Gasteiger partial charge in [0.25, 0.3) is 0 Å². The minimum atomic E-state index is -0.198. The van der Waals surface area contributed by atoms with Crippen LogP contribution in [0.5, 0.6) is 0 Å². The number of aromatic amines is 1. The van der Waals surface area contributed by atoms with Gasteiger partial charge in [0, 0.05) is 48.4 Å². The van der Waals surface area contributed by atoms with Crippen molar-refractivity contribution in [2.75, 3.05) is 46.5 Å². The fraction of sp³-hybridized carbons (Fsp3) is 0.571. The van der Waals surface area contributed by atoms with Crippen LogP contribution < -0.4 is 0 Å². The van der Waals surface area contributed by atoms with E-state index in [9.17, 15) is 4.79 Å². The number of benzene rings is 1. The minimum Gasteiger partial charge on any atom is -0.449 e. The molecular weight excluding hydrogens is 422 g/mol. The minimum absolute atomic E-state index is 0.198. The Hall–Kier alpha value is -1.57. The Bertz CT molecular complexity index is 892. The number of halogens is 1. The average molecular weight is 448 g/mol. The monoisotopic (exact) mass is 447 g/mol. The molecule has 3 heterocycles. The molecule has 1 unspecified atom stereocenters. The summed E-state index contributed by atoms with van der Waals surface area (Å²) in [5.74, 6) is 0.833. The standard InChI is InChI=1S/C21H26BrN3O3/c1-24-11-13(12-28-21(26)25-5-7-27-8-6-25)9-15-14-3-2-4-17-19(14)16(10-18(15)24)20(22)23-17/h2-4,13,15,18,23H,5-12H2,1H3/t13-,15?,18-/m1/s1. The average Bonchev–Trinajstić information content (AvgIpc) is 3.04. The highest BCUT2D eigenvalue weighted by Crippen LogP contribution is 2.46. The van der Waals surface area contributed by atoms with Gasteiger partial charge < -0.3 is 24.3 Å². The number of carbonyl (C=O) groups excluding carboxylic acids is 1. The first-order valence-electron chi connectivity index (χ1n) is 10.1. The molecule has 3 atom stereocenters. The van der Waals surface area contributed by atoms with Crippen LogP contribution in [-0.4, -0.2) is 73.4 Å². The number of likely N-dealkylation sites (N-methyl/N-ethyl adjacent to an activating group) is 1. The second-order valence-electron chi connectivity index (χ2n) is 8.28. The number of H-pyrrole nitrogens is 1. The van der Waals surface area contributed by atoms with Crippen LogP contribution in [0.25, 0.3) is 10.9 Å². The van der Waals surface area contributed by atoms with E-state index in [1.807, 2.05) is 0 Å². The van der Waals surface area contributed by atoms with Crippen LogP contribution in [0.1, 0.15) is 23.5 Å². The number of nitrogens with one attached hydrogen (secondary N) is 1. The van der Waals surface area contributed by atoms with Crippen molar-refractivity contribution in [2.45, 2.75) is 24.8 Å². The van der Waals surface area contributed by atoms with Crippen LogP contribution in [0, 0.1) is 5.92 Å². The quantitative estimate of drug-likeness (QED) is 0.766. The molecule has 2 aromatic rings. The molecular formula is C21H26BrN3O3. The number of aromatic nitrogens is 1. The highest BCUT2D eigenvalue weighted by molar-refractivity contribution is 9.10. The molecule has 5 rings (SSSR count). The third-order valence-electron chi connectivity index (χ3n) is 6.60. The van der Waals surface area contributed by atoms with Crippen molar-refractivity contribution < 1.29 is 14.3 Å². The van der Waals surface area contributed by atoms with E-state index in [1.54, 1.807) is 4.90 Å². The lowest BCUT2D eigenvalue weighted by molar-refractivity contribution is 0.0132. The largest absolute Gasteiger partial charge is 0.449 e. The maximum Gasteiger partial charge on any atom is 0.409 e. The first kappa shape index (κ1) is 18.5. The Labute approximate surface area is 173 Å². The first-order valence-corrected chi connectivity index (χ1v) is 10.9. The predicted molar refractivity (Wildman–Crippen MR) is 111 cm³/mol. The summed E-state index contributed by atoms with van der Waals surface area (Å²) >= 11 is 3.72. The van der Waals surface area contributed by atoms with Crippen molar-refractivity contribution in [3.8, 4) is 0 Å². The van der Waals surface area contributed by atoms with Crippen molar-refractivity contribution in [1.82, 2.24) is 14.8 Å². The number of amides is 1. The molecule has 6 nitrogen and oxygen atoms in total. The third-order valence-corrected chi connectivity index (χ3v) is 7.27. The molecule has 0 radical (unpaired) electrons. The van der Waals surface area contributed by atoms with Gasteiger partial charge in [-0.1, -0.05) is 12.1 Å².